The Morgan fingerprint density at radius 2 is 2.08 bits per heavy atom. The minimum Gasteiger partial charge on any atom is -0.235 e. The summed E-state index contributed by atoms with van der Waals surface area (Å²) < 4.78 is 1.88. The molecule has 2 aromatic heterocycles. The highest BCUT2D eigenvalue weighted by Crippen LogP contribution is 2.32. The maximum Gasteiger partial charge on any atom is 0.117 e. The van der Waals surface area contributed by atoms with Crippen LogP contribution in [0.4, 0.5) is 0 Å². The summed E-state index contributed by atoms with van der Waals surface area (Å²) in [6.07, 6.45) is 1.55. The van der Waals surface area contributed by atoms with Gasteiger partial charge >= 0.3 is 0 Å². The van der Waals surface area contributed by atoms with Crippen molar-refractivity contribution in [1.29, 1.82) is 0 Å². The average molecular weight is 320 g/mol. The zero-order chi connectivity index (χ0) is 9.26. The molecule has 0 aliphatic rings. The maximum atomic E-state index is 4.18. The lowest BCUT2D eigenvalue weighted by Gasteiger charge is -1.97. The zero-order valence-corrected chi connectivity index (χ0v) is 10.4. The van der Waals surface area contributed by atoms with Gasteiger partial charge in [-0.25, -0.2) is 9.97 Å². The van der Waals surface area contributed by atoms with Crippen LogP contribution >= 0.6 is 43.2 Å². The Labute approximate surface area is 96.3 Å². The molecule has 2 aromatic rings. The van der Waals surface area contributed by atoms with E-state index in [1.165, 1.54) is 0 Å². The van der Waals surface area contributed by atoms with Crippen molar-refractivity contribution in [2.24, 2.45) is 0 Å². The first-order valence-corrected chi connectivity index (χ1v) is 5.95. The summed E-state index contributed by atoms with van der Waals surface area (Å²) in [5.41, 5.74) is 0.934. The van der Waals surface area contributed by atoms with Gasteiger partial charge in [-0.2, -0.15) is 0 Å². The molecule has 0 fully saturated rings. The Morgan fingerprint density at radius 1 is 1.23 bits per heavy atom. The summed E-state index contributed by atoms with van der Waals surface area (Å²) in [5, 5.41) is 2.02. The van der Waals surface area contributed by atoms with E-state index < -0.39 is 0 Å². The van der Waals surface area contributed by atoms with Crippen LogP contribution in [0.2, 0.25) is 0 Å². The molecule has 0 aliphatic carbocycles. The fraction of sp³-hybridized carbons (Fsp3) is 0. The van der Waals surface area contributed by atoms with Gasteiger partial charge in [0.15, 0.2) is 0 Å². The first-order chi connectivity index (χ1) is 6.27. The molecule has 0 aliphatic heterocycles. The van der Waals surface area contributed by atoms with Crippen LogP contribution < -0.4 is 0 Å². The van der Waals surface area contributed by atoms with Crippen LogP contribution in [-0.4, -0.2) is 9.97 Å². The number of thiophene rings is 1. The van der Waals surface area contributed by atoms with Gasteiger partial charge < -0.3 is 0 Å². The summed E-state index contributed by atoms with van der Waals surface area (Å²) in [5.74, 6) is 0. The van der Waals surface area contributed by atoms with E-state index in [-0.39, 0.29) is 0 Å². The molecule has 0 saturated carbocycles. The number of rotatable bonds is 1. The average Bonchev–Trinajstić information content (AvgIpc) is 2.51. The van der Waals surface area contributed by atoms with Crippen LogP contribution in [0.3, 0.4) is 0 Å². The molecule has 0 atom stereocenters. The third-order valence-corrected chi connectivity index (χ3v) is 3.78. The summed E-state index contributed by atoms with van der Waals surface area (Å²) in [6, 6.07) is 3.91. The molecule has 0 N–H and O–H groups in total. The van der Waals surface area contributed by atoms with Crippen molar-refractivity contribution in [2.45, 2.75) is 0 Å². The summed E-state index contributed by atoms with van der Waals surface area (Å²) >= 11 is 8.43. The molecular weight excluding hydrogens is 316 g/mol. The monoisotopic (exact) mass is 318 g/mol. The second-order valence-electron chi connectivity index (χ2n) is 2.32. The van der Waals surface area contributed by atoms with Gasteiger partial charge in [-0.05, 0) is 49.4 Å². The zero-order valence-electron chi connectivity index (χ0n) is 6.37. The minimum absolute atomic E-state index is 0.804. The van der Waals surface area contributed by atoms with Crippen molar-refractivity contribution in [1.82, 2.24) is 9.97 Å². The van der Waals surface area contributed by atoms with Crippen LogP contribution in [0.25, 0.3) is 10.6 Å². The van der Waals surface area contributed by atoms with Crippen molar-refractivity contribution in [3.05, 3.63) is 32.9 Å². The number of hydrogen-bond donors (Lipinski definition) is 0. The molecular formula is C8H4Br2N2S. The Kier molecular flexibility index (Phi) is 2.76. The SMILES string of the molecule is Brc1cc(-c2sccc2Br)ncn1. The Balaban J connectivity index is 2.53. The van der Waals surface area contributed by atoms with E-state index in [0.29, 0.717) is 0 Å². The van der Waals surface area contributed by atoms with Crippen molar-refractivity contribution >= 4 is 43.2 Å². The van der Waals surface area contributed by atoms with Gasteiger partial charge in [0, 0.05) is 4.47 Å². The number of nitrogens with zero attached hydrogens (tertiary/aromatic N) is 2. The Hall–Kier alpha value is -0.260. The van der Waals surface area contributed by atoms with Crippen molar-refractivity contribution in [3.63, 3.8) is 0 Å². The van der Waals surface area contributed by atoms with Gasteiger partial charge in [0.2, 0.25) is 0 Å². The molecule has 0 saturated heterocycles. The van der Waals surface area contributed by atoms with Gasteiger partial charge in [-0.15, -0.1) is 11.3 Å². The van der Waals surface area contributed by atoms with Gasteiger partial charge in [0.05, 0.1) is 10.6 Å². The second-order valence-corrected chi connectivity index (χ2v) is 4.91. The quantitative estimate of drug-likeness (QED) is 0.748. The van der Waals surface area contributed by atoms with Crippen molar-refractivity contribution in [3.8, 4) is 10.6 Å². The third kappa shape index (κ3) is 1.98. The smallest absolute Gasteiger partial charge is 0.117 e. The van der Waals surface area contributed by atoms with Crippen LogP contribution in [-0.2, 0) is 0 Å². The lowest BCUT2D eigenvalue weighted by atomic mass is 10.3. The lowest BCUT2D eigenvalue weighted by molar-refractivity contribution is 1.15. The summed E-state index contributed by atoms with van der Waals surface area (Å²) in [6.45, 7) is 0. The molecule has 0 spiro atoms. The van der Waals surface area contributed by atoms with Crippen LogP contribution in [0.1, 0.15) is 0 Å². The van der Waals surface area contributed by atoms with Crippen LogP contribution in [0.15, 0.2) is 32.9 Å². The highest BCUT2D eigenvalue weighted by Gasteiger charge is 2.05. The molecule has 0 radical (unpaired) electrons. The Morgan fingerprint density at radius 3 is 2.69 bits per heavy atom. The fourth-order valence-electron chi connectivity index (χ4n) is 0.934. The van der Waals surface area contributed by atoms with Crippen molar-refractivity contribution in [2.75, 3.05) is 0 Å². The normalized spacial score (nSPS) is 10.3. The lowest BCUT2D eigenvalue weighted by Crippen LogP contribution is -1.83. The number of hydrogen-bond acceptors (Lipinski definition) is 3. The first kappa shape index (κ1) is 9.30. The molecule has 0 unspecified atom stereocenters. The molecule has 2 heterocycles. The van der Waals surface area contributed by atoms with Gasteiger partial charge in [0.25, 0.3) is 0 Å². The van der Waals surface area contributed by atoms with E-state index in [2.05, 4.69) is 41.8 Å². The largest absolute Gasteiger partial charge is 0.235 e. The molecule has 0 aromatic carbocycles. The van der Waals surface area contributed by atoms with E-state index in [1.807, 2.05) is 17.5 Å². The summed E-state index contributed by atoms with van der Waals surface area (Å²) in [4.78, 5) is 9.28. The fourth-order valence-corrected chi connectivity index (χ4v) is 2.79. The first-order valence-electron chi connectivity index (χ1n) is 3.48. The number of aromatic nitrogens is 2. The molecule has 13 heavy (non-hydrogen) atoms. The molecule has 5 heteroatoms. The molecule has 2 nitrogen and oxygen atoms in total. The minimum atomic E-state index is 0.804. The predicted molar refractivity (Wildman–Crippen MR) is 60.7 cm³/mol. The van der Waals surface area contributed by atoms with Crippen LogP contribution in [0.5, 0.6) is 0 Å². The van der Waals surface area contributed by atoms with E-state index in [1.54, 1.807) is 17.7 Å². The van der Waals surface area contributed by atoms with Gasteiger partial charge in [0.1, 0.15) is 10.9 Å². The highest BCUT2D eigenvalue weighted by atomic mass is 79.9. The van der Waals surface area contributed by atoms with Gasteiger partial charge in [-0.1, -0.05) is 0 Å². The molecule has 0 amide bonds. The molecule has 66 valence electrons. The van der Waals surface area contributed by atoms with Crippen molar-refractivity contribution < 1.29 is 0 Å². The predicted octanol–water partition coefficient (Wildman–Crippen LogP) is 3.73. The molecule has 0 bridgehead atoms. The topological polar surface area (TPSA) is 25.8 Å². The van der Waals surface area contributed by atoms with E-state index in [0.717, 1.165) is 19.6 Å². The number of halogens is 2. The summed E-state index contributed by atoms with van der Waals surface area (Å²) in [7, 11) is 0. The second kappa shape index (κ2) is 3.86. The van der Waals surface area contributed by atoms with E-state index >= 15 is 0 Å². The highest BCUT2D eigenvalue weighted by molar-refractivity contribution is 9.10. The Bertz CT molecular complexity index is 428. The van der Waals surface area contributed by atoms with Gasteiger partial charge in [-0.3, -0.25) is 0 Å². The third-order valence-electron chi connectivity index (χ3n) is 1.48. The molecule has 2 rings (SSSR count). The van der Waals surface area contributed by atoms with E-state index in [9.17, 15) is 0 Å². The van der Waals surface area contributed by atoms with Crippen LogP contribution in [0, 0.1) is 0 Å². The van der Waals surface area contributed by atoms with E-state index in [4.69, 9.17) is 0 Å². The maximum absolute atomic E-state index is 4.18. The standard InChI is InChI=1S/C8H4Br2N2S/c9-5-1-2-13-8(5)6-3-7(10)12-4-11-6/h1-4H.